The van der Waals surface area contributed by atoms with E-state index in [9.17, 15) is 0 Å². The summed E-state index contributed by atoms with van der Waals surface area (Å²) in [5.41, 5.74) is 8.58. The molecule has 0 aromatic heterocycles. The molecular formula is C15H25BrN2. The molecule has 1 aromatic rings. The van der Waals surface area contributed by atoms with E-state index in [4.69, 9.17) is 5.73 Å². The first kappa shape index (κ1) is 15.5. The van der Waals surface area contributed by atoms with Crippen molar-refractivity contribution in [2.24, 2.45) is 5.73 Å². The van der Waals surface area contributed by atoms with E-state index in [1.807, 2.05) is 0 Å². The highest BCUT2D eigenvalue weighted by molar-refractivity contribution is 9.10. The Kier molecular flexibility index (Phi) is 6.16. The summed E-state index contributed by atoms with van der Waals surface area (Å²) in [4.78, 5) is 2.39. The summed E-state index contributed by atoms with van der Waals surface area (Å²) in [6.07, 6.45) is 3.25. The van der Waals surface area contributed by atoms with Crippen LogP contribution < -0.4 is 10.6 Å². The second-order valence-electron chi connectivity index (χ2n) is 5.04. The lowest BCUT2D eigenvalue weighted by Crippen LogP contribution is -2.31. The predicted octanol–water partition coefficient (Wildman–Crippen LogP) is 3.96. The summed E-state index contributed by atoms with van der Waals surface area (Å²) < 4.78 is 1.13. The van der Waals surface area contributed by atoms with Gasteiger partial charge < -0.3 is 10.6 Å². The lowest BCUT2D eigenvalue weighted by Gasteiger charge is -2.31. The fraction of sp³-hybridized carbons (Fsp3) is 0.600. The van der Waals surface area contributed by atoms with Gasteiger partial charge in [-0.1, -0.05) is 35.8 Å². The van der Waals surface area contributed by atoms with Gasteiger partial charge in [-0.3, -0.25) is 0 Å². The van der Waals surface area contributed by atoms with Crippen LogP contribution in [-0.2, 0) is 6.42 Å². The Hall–Kier alpha value is -0.540. The zero-order valence-corrected chi connectivity index (χ0v) is 13.5. The van der Waals surface area contributed by atoms with Crippen molar-refractivity contribution >= 4 is 21.6 Å². The van der Waals surface area contributed by atoms with Gasteiger partial charge in [0.15, 0.2) is 0 Å². The van der Waals surface area contributed by atoms with Gasteiger partial charge in [0.1, 0.15) is 0 Å². The Bertz CT molecular complexity index is 373. The van der Waals surface area contributed by atoms with Crippen molar-refractivity contribution in [1.29, 1.82) is 0 Å². The molecular weight excluding hydrogens is 288 g/mol. The highest BCUT2D eigenvalue weighted by Crippen LogP contribution is 2.28. The van der Waals surface area contributed by atoms with E-state index < -0.39 is 0 Å². The zero-order valence-electron chi connectivity index (χ0n) is 11.9. The van der Waals surface area contributed by atoms with Gasteiger partial charge in [-0.05, 0) is 43.9 Å². The third-order valence-electron chi connectivity index (χ3n) is 3.46. The van der Waals surface area contributed by atoms with Crippen molar-refractivity contribution in [2.75, 3.05) is 11.9 Å². The SMILES string of the molecule is CCC(CC)N(C)c1cc(Br)ccc1CC(C)N. The largest absolute Gasteiger partial charge is 0.371 e. The smallest absolute Gasteiger partial charge is 0.0410 e. The fourth-order valence-electron chi connectivity index (χ4n) is 2.42. The molecule has 3 heteroatoms. The molecule has 102 valence electrons. The fourth-order valence-corrected chi connectivity index (χ4v) is 2.77. The van der Waals surface area contributed by atoms with E-state index in [1.165, 1.54) is 11.3 Å². The summed E-state index contributed by atoms with van der Waals surface area (Å²) in [5, 5.41) is 0. The number of benzene rings is 1. The minimum Gasteiger partial charge on any atom is -0.371 e. The van der Waals surface area contributed by atoms with Crippen LogP contribution in [0.5, 0.6) is 0 Å². The summed E-state index contributed by atoms with van der Waals surface area (Å²) in [7, 11) is 2.18. The van der Waals surface area contributed by atoms with Crippen LogP contribution in [0.15, 0.2) is 22.7 Å². The Morgan fingerprint density at radius 1 is 1.28 bits per heavy atom. The van der Waals surface area contributed by atoms with Gasteiger partial charge in [0, 0.05) is 29.3 Å². The van der Waals surface area contributed by atoms with Gasteiger partial charge in [0.25, 0.3) is 0 Å². The molecule has 0 amide bonds. The quantitative estimate of drug-likeness (QED) is 0.861. The zero-order chi connectivity index (χ0) is 13.7. The number of halogens is 1. The summed E-state index contributed by atoms with van der Waals surface area (Å²) in [6, 6.07) is 7.27. The third kappa shape index (κ3) is 3.99. The molecule has 0 saturated carbocycles. The van der Waals surface area contributed by atoms with Crippen molar-refractivity contribution in [1.82, 2.24) is 0 Å². The van der Waals surface area contributed by atoms with Crippen LogP contribution >= 0.6 is 15.9 Å². The van der Waals surface area contributed by atoms with E-state index in [-0.39, 0.29) is 6.04 Å². The molecule has 18 heavy (non-hydrogen) atoms. The molecule has 1 unspecified atom stereocenters. The second-order valence-corrected chi connectivity index (χ2v) is 5.95. The number of nitrogens with zero attached hydrogens (tertiary/aromatic N) is 1. The molecule has 1 rings (SSSR count). The standard InChI is InChI=1S/C15H25BrN2/c1-5-14(6-2)18(4)15-10-13(16)8-7-12(15)9-11(3)17/h7-8,10-11,14H,5-6,9,17H2,1-4H3. The average Bonchev–Trinajstić information content (AvgIpc) is 2.32. The monoisotopic (exact) mass is 312 g/mol. The maximum absolute atomic E-state index is 5.94. The van der Waals surface area contributed by atoms with Crippen molar-refractivity contribution < 1.29 is 0 Å². The molecule has 0 fully saturated rings. The Morgan fingerprint density at radius 2 is 1.89 bits per heavy atom. The number of hydrogen-bond donors (Lipinski definition) is 1. The van der Waals surface area contributed by atoms with Crippen LogP contribution in [-0.4, -0.2) is 19.1 Å². The first-order valence-electron chi connectivity index (χ1n) is 6.76. The first-order chi connectivity index (χ1) is 8.49. The lowest BCUT2D eigenvalue weighted by molar-refractivity contribution is 0.588. The molecule has 0 heterocycles. The minimum atomic E-state index is 0.194. The summed E-state index contributed by atoms with van der Waals surface area (Å²) in [5.74, 6) is 0. The molecule has 0 aliphatic rings. The molecule has 1 atom stereocenters. The van der Waals surface area contributed by atoms with Crippen molar-refractivity contribution in [3.05, 3.63) is 28.2 Å². The van der Waals surface area contributed by atoms with E-state index in [0.717, 1.165) is 23.7 Å². The van der Waals surface area contributed by atoms with Crippen LogP contribution in [0.2, 0.25) is 0 Å². The van der Waals surface area contributed by atoms with E-state index >= 15 is 0 Å². The minimum absolute atomic E-state index is 0.194. The van der Waals surface area contributed by atoms with Gasteiger partial charge in [-0.2, -0.15) is 0 Å². The van der Waals surface area contributed by atoms with Gasteiger partial charge >= 0.3 is 0 Å². The molecule has 0 bridgehead atoms. The van der Waals surface area contributed by atoms with Crippen LogP contribution in [0.25, 0.3) is 0 Å². The molecule has 2 N–H and O–H groups in total. The second kappa shape index (κ2) is 7.15. The molecule has 0 radical (unpaired) electrons. The van der Waals surface area contributed by atoms with Gasteiger partial charge in [-0.25, -0.2) is 0 Å². The van der Waals surface area contributed by atoms with E-state index in [1.54, 1.807) is 0 Å². The van der Waals surface area contributed by atoms with Crippen molar-refractivity contribution in [2.45, 2.75) is 52.1 Å². The maximum Gasteiger partial charge on any atom is 0.0410 e. The van der Waals surface area contributed by atoms with Crippen LogP contribution in [0.3, 0.4) is 0 Å². The molecule has 0 aliphatic carbocycles. The van der Waals surface area contributed by atoms with Crippen molar-refractivity contribution in [3.63, 3.8) is 0 Å². The van der Waals surface area contributed by atoms with Crippen LogP contribution in [0, 0.1) is 0 Å². The normalized spacial score (nSPS) is 12.8. The maximum atomic E-state index is 5.94. The summed E-state index contributed by atoms with van der Waals surface area (Å²) >= 11 is 3.57. The van der Waals surface area contributed by atoms with Gasteiger partial charge in [0.05, 0.1) is 0 Å². The Balaban J connectivity index is 3.07. The highest BCUT2D eigenvalue weighted by atomic mass is 79.9. The van der Waals surface area contributed by atoms with Gasteiger partial charge in [-0.15, -0.1) is 0 Å². The van der Waals surface area contributed by atoms with Crippen LogP contribution in [0.4, 0.5) is 5.69 Å². The summed E-state index contributed by atoms with van der Waals surface area (Å²) in [6.45, 7) is 6.55. The topological polar surface area (TPSA) is 29.3 Å². The van der Waals surface area contributed by atoms with Crippen LogP contribution in [0.1, 0.15) is 39.2 Å². The Morgan fingerprint density at radius 3 is 2.39 bits per heavy atom. The molecule has 0 saturated heterocycles. The predicted molar refractivity (Wildman–Crippen MR) is 84.3 cm³/mol. The number of hydrogen-bond acceptors (Lipinski definition) is 2. The average molecular weight is 313 g/mol. The first-order valence-corrected chi connectivity index (χ1v) is 7.55. The number of nitrogens with two attached hydrogens (primary N) is 1. The van der Waals surface area contributed by atoms with Crippen molar-refractivity contribution in [3.8, 4) is 0 Å². The third-order valence-corrected chi connectivity index (χ3v) is 3.95. The number of rotatable bonds is 6. The molecule has 0 aliphatic heterocycles. The lowest BCUT2D eigenvalue weighted by atomic mass is 10.0. The van der Waals surface area contributed by atoms with Gasteiger partial charge in [0.2, 0.25) is 0 Å². The Labute approximate surface area is 120 Å². The number of anilines is 1. The molecule has 1 aromatic carbocycles. The van der Waals surface area contributed by atoms with E-state index in [2.05, 4.69) is 66.8 Å². The molecule has 2 nitrogen and oxygen atoms in total. The van der Waals surface area contributed by atoms with E-state index in [0.29, 0.717) is 6.04 Å². The molecule has 0 spiro atoms. The highest BCUT2D eigenvalue weighted by Gasteiger charge is 2.15.